The highest BCUT2D eigenvalue weighted by atomic mass is 35.5. The first-order chi connectivity index (χ1) is 21.9. The van der Waals surface area contributed by atoms with E-state index in [-0.39, 0.29) is 46.8 Å². The highest BCUT2D eigenvalue weighted by Gasteiger charge is 2.31. The molecule has 4 aromatic rings. The standard InChI is InChI=1S/C35H36ClN5O5/c1-19-22-13-14-27(24(22)12-11-23(19)34(45)46-35(2,3)4)40-33(44)29-16-28(32(43)37-17-20-9-10-20)39-31-25(18-38-41(29)31)30(42)15-21-7-5-6-8-26(21)36/h5-8,11-12,16,18,20,27H,9-10,13-15,17H2,1-4H3,(H,37,43)(H,40,44)/t27-/m0/s1. The van der Waals surface area contributed by atoms with Crippen molar-refractivity contribution in [3.8, 4) is 0 Å². The molecule has 0 radical (unpaired) electrons. The summed E-state index contributed by atoms with van der Waals surface area (Å²) in [5, 5.41) is 10.8. The van der Waals surface area contributed by atoms with Crippen molar-refractivity contribution < 1.29 is 23.9 Å². The Hall–Kier alpha value is -4.57. The van der Waals surface area contributed by atoms with E-state index in [1.807, 2.05) is 33.8 Å². The number of halogens is 1. The van der Waals surface area contributed by atoms with Crippen LogP contribution in [0.2, 0.25) is 5.02 Å². The summed E-state index contributed by atoms with van der Waals surface area (Å²) in [7, 11) is 0. The highest BCUT2D eigenvalue weighted by Crippen LogP contribution is 2.35. The summed E-state index contributed by atoms with van der Waals surface area (Å²) in [5.41, 5.74) is 3.69. The number of benzene rings is 2. The van der Waals surface area contributed by atoms with E-state index in [2.05, 4.69) is 20.7 Å². The average Bonchev–Trinajstić information content (AvgIpc) is 3.59. The molecular formula is C35H36ClN5O5. The molecular weight excluding hydrogens is 606 g/mol. The van der Waals surface area contributed by atoms with Crippen LogP contribution >= 0.6 is 11.6 Å². The summed E-state index contributed by atoms with van der Waals surface area (Å²) in [6.45, 7) is 7.90. The lowest BCUT2D eigenvalue weighted by molar-refractivity contribution is 0.00682. The Bertz CT molecular complexity index is 1890. The van der Waals surface area contributed by atoms with Crippen LogP contribution in [-0.4, -0.2) is 50.3 Å². The van der Waals surface area contributed by atoms with Gasteiger partial charge in [0.25, 0.3) is 11.8 Å². The number of ketones is 1. The van der Waals surface area contributed by atoms with Crippen molar-refractivity contribution in [1.29, 1.82) is 0 Å². The fourth-order valence-electron chi connectivity index (χ4n) is 5.81. The van der Waals surface area contributed by atoms with E-state index in [9.17, 15) is 19.2 Å². The zero-order chi connectivity index (χ0) is 32.7. The molecule has 2 amide bonds. The number of hydrogen-bond acceptors (Lipinski definition) is 7. The van der Waals surface area contributed by atoms with Gasteiger partial charge in [0.2, 0.25) is 0 Å². The lowest BCUT2D eigenvalue weighted by atomic mass is 9.97. The van der Waals surface area contributed by atoms with Crippen LogP contribution in [0, 0.1) is 12.8 Å². The van der Waals surface area contributed by atoms with Crippen LogP contribution < -0.4 is 10.6 Å². The second kappa shape index (κ2) is 12.3. The highest BCUT2D eigenvalue weighted by molar-refractivity contribution is 6.31. The van der Waals surface area contributed by atoms with Crippen molar-refractivity contribution in [1.82, 2.24) is 25.2 Å². The summed E-state index contributed by atoms with van der Waals surface area (Å²) in [6.07, 6.45) is 4.80. The lowest BCUT2D eigenvalue weighted by Gasteiger charge is -2.21. The number of aromatic nitrogens is 3. The van der Waals surface area contributed by atoms with Crippen LogP contribution in [-0.2, 0) is 17.6 Å². The smallest absolute Gasteiger partial charge is 0.338 e. The van der Waals surface area contributed by atoms with Crippen LogP contribution in [0.15, 0.2) is 48.7 Å². The molecule has 0 aliphatic heterocycles. The van der Waals surface area contributed by atoms with E-state index in [0.29, 0.717) is 41.5 Å². The minimum atomic E-state index is -0.617. The molecule has 6 rings (SSSR count). The van der Waals surface area contributed by atoms with Gasteiger partial charge in [-0.05, 0) is 93.7 Å². The molecule has 1 saturated carbocycles. The SMILES string of the molecule is Cc1c(C(=O)OC(C)(C)C)ccc2c1CC[C@@H]2NC(=O)c1cc(C(=O)NCC2CC2)nc2c(C(=O)Cc3ccccc3Cl)cnn12. The van der Waals surface area contributed by atoms with Crippen molar-refractivity contribution >= 4 is 40.8 Å². The van der Waals surface area contributed by atoms with Crippen LogP contribution in [0.4, 0.5) is 0 Å². The van der Waals surface area contributed by atoms with Gasteiger partial charge in [-0.1, -0.05) is 35.9 Å². The van der Waals surface area contributed by atoms with Crippen LogP contribution in [0.25, 0.3) is 5.65 Å². The number of esters is 1. The molecule has 0 spiro atoms. The van der Waals surface area contributed by atoms with Gasteiger partial charge in [0.1, 0.15) is 17.0 Å². The summed E-state index contributed by atoms with van der Waals surface area (Å²) >= 11 is 6.31. The molecule has 2 aromatic heterocycles. The molecule has 238 valence electrons. The number of nitrogens with zero attached hydrogens (tertiary/aromatic N) is 3. The largest absolute Gasteiger partial charge is 0.456 e. The lowest BCUT2D eigenvalue weighted by Crippen LogP contribution is -2.31. The molecule has 0 bridgehead atoms. The minimum absolute atomic E-state index is 0.00579. The maximum absolute atomic E-state index is 13.9. The first kappa shape index (κ1) is 31.4. The topological polar surface area (TPSA) is 132 Å². The van der Waals surface area contributed by atoms with Gasteiger partial charge in [0.15, 0.2) is 11.4 Å². The Morgan fingerprint density at radius 2 is 1.78 bits per heavy atom. The van der Waals surface area contributed by atoms with Gasteiger partial charge < -0.3 is 15.4 Å². The first-order valence-electron chi connectivity index (χ1n) is 15.5. The molecule has 10 nitrogen and oxygen atoms in total. The molecule has 46 heavy (non-hydrogen) atoms. The molecule has 11 heteroatoms. The number of fused-ring (bicyclic) bond motifs is 2. The predicted molar refractivity (Wildman–Crippen MR) is 172 cm³/mol. The van der Waals surface area contributed by atoms with Crippen LogP contribution in [0.5, 0.6) is 0 Å². The van der Waals surface area contributed by atoms with Gasteiger partial charge in [-0.15, -0.1) is 0 Å². The summed E-state index contributed by atoms with van der Waals surface area (Å²) in [6, 6.07) is 11.7. The summed E-state index contributed by atoms with van der Waals surface area (Å²) in [5.74, 6) is -1.13. The second-order valence-corrected chi connectivity index (χ2v) is 13.4. The summed E-state index contributed by atoms with van der Waals surface area (Å²) < 4.78 is 6.89. The third-order valence-corrected chi connectivity index (χ3v) is 8.78. The van der Waals surface area contributed by atoms with Gasteiger partial charge in [-0.2, -0.15) is 5.10 Å². The zero-order valence-corrected chi connectivity index (χ0v) is 27.0. The van der Waals surface area contributed by atoms with Crippen molar-refractivity contribution in [3.05, 3.63) is 98.5 Å². The van der Waals surface area contributed by atoms with E-state index in [1.54, 1.807) is 30.3 Å². The zero-order valence-electron chi connectivity index (χ0n) is 26.3. The molecule has 1 fully saturated rings. The third-order valence-electron chi connectivity index (χ3n) is 8.41. The second-order valence-electron chi connectivity index (χ2n) is 13.0. The van der Waals surface area contributed by atoms with Crippen molar-refractivity contribution in [3.63, 3.8) is 0 Å². The molecule has 2 aliphatic rings. The number of ether oxygens (including phenoxy) is 1. The maximum Gasteiger partial charge on any atom is 0.338 e. The van der Waals surface area contributed by atoms with Crippen LogP contribution in [0.1, 0.15) is 110 Å². The number of hydrogen-bond donors (Lipinski definition) is 2. The fourth-order valence-corrected chi connectivity index (χ4v) is 6.02. The maximum atomic E-state index is 13.9. The number of Topliss-reactive ketones (excluding diaryl/α,β-unsaturated/α-hetero) is 1. The Labute approximate surface area is 271 Å². The number of carbonyl (C=O) groups is 4. The summed E-state index contributed by atoms with van der Waals surface area (Å²) in [4.78, 5) is 57.8. The van der Waals surface area contributed by atoms with E-state index >= 15 is 0 Å². The predicted octanol–water partition coefficient (Wildman–Crippen LogP) is 5.63. The average molecular weight is 642 g/mol. The number of carbonyl (C=O) groups excluding carboxylic acids is 4. The number of amides is 2. The van der Waals surface area contributed by atoms with E-state index < -0.39 is 17.4 Å². The monoisotopic (exact) mass is 641 g/mol. The van der Waals surface area contributed by atoms with Gasteiger partial charge in [0, 0.05) is 24.1 Å². The van der Waals surface area contributed by atoms with Crippen molar-refractivity contribution in [2.75, 3.05) is 6.54 Å². The molecule has 2 aliphatic carbocycles. The molecule has 1 atom stereocenters. The number of nitrogens with one attached hydrogen (secondary N) is 2. The fraction of sp³-hybridized carbons (Fsp3) is 0.371. The molecule has 0 unspecified atom stereocenters. The minimum Gasteiger partial charge on any atom is -0.456 e. The van der Waals surface area contributed by atoms with Gasteiger partial charge in [-0.25, -0.2) is 14.3 Å². The Balaban J connectivity index is 1.30. The van der Waals surface area contributed by atoms with Crippen LogP contribution in [0.3, 0.4) is 0 Å². The molecule has 2 heterocycles. The van der Waals surface area contributed by atoms with E-state index in [1.165, 1.54) is 16.8 Å². The Morgan fingerprint density at radius 3 is 2.50 bits per heavy atom. The molecule has 2 N–H and O–H groups in total. The third kappa shape index (κ3) is 6.53. The first-order valence-corrected chi connectivity index (χ1v) is 15.9. The quantitative estimate of drug-likeness (QED) is 0.179. The van der Waals surface area contributed by atoms with Crippen molar-refractivity contribution in [2.45, 2.75) is 71.4 Å². The normalized spacial score (nSPS) is 15.8. The number of rotatable bonds is 9. The van der Waals surface area contributed by atoms with Crippen molar-refractivity contribution in [2.24, 2.45) is 5.92 Å². The van der Waals surface area contributed by atoms with Gasteiger partial charge in [0.05, 0.1) is 23.4 Å². The van der Waals surface area contributed by atoms with Gasteiger partial charge >= 0.3 is 5.97 Å². The van der Waals surface area contributed by atoms with E-state index in [0.717, 1.165) is 29.5 Å². The van der Waals surface area contributed by atoms with Gasteiger partial charge in [-0.3, -0.25) is 14.4 Å². The molecule has 2 aromatic carbocycles. The Kier molecular flexibility index (Phi) is 8.41. The molecule has 0 saturated heterocycles. The Morgan fingerprint density at radius 1 is 1.02 bits per heavy atom. The van der Waals surface area contributed by atoms with E-state index in [4.69, 9.17) is 16.3 Å².